The summed E-state index contributed by atoms with van der Waals surface area (Å²) in [7, 11) is 0. The van der Waals surface area contributed by atoms with Crippen LogP contribution in [0.25, 0.3) is 16.9 Å². The molecule has 0 atom stereocenters. The smallest absolute Gasteiger partial charge is 0.153 e. The monoisotopic (exact) mass is 336 g/mol. The SMILES string of the molecule is Cc1ccc(Nc2ccc3c(c2)ncn3-c2cccc(Cl)n2)nn1. The average molecular weight is 337 g/mol. The van der Waals surface area contributed by atoms with E-state index >= 15 is 0 Å². The van der Waals surface area contributed by atoms with Gasteiger partial charge in [0.2, 0.25) is 0 Å². The van der Waals surface area contributed by atoms with Crippen LogP contribution in [-0.4, -0.2) is 24.7 Å². The van der Waals surface area contributed by atoms with Crippen LogP contribution in [0.2, 0.25) is 5.15 Å². The maximum atomic E-state index is 5.97. The van der Waals surface area contributed by atoms with Crippen LogP contribution in [0.5, 0.6) is 0 Å². The number of anilines is 2. The van der Waals surface area contributed by atoms with Gasteiger partial charge in [0.1, 0.15) is 17.3 Å². The Labute approximate surface area is 143 Å². The van der Waals surface area contributed by atoms with Crippen LogP contribution in [0, 0.1) is 6.92 Å². The summed E-state index contributed by atoms with van der Waals surface area (Å²) < 4.78 is 1.90. The van der Waals surface area contributed by atoms with Crippen molar-refractivity contribution in [3.8, 4) is 5.82 Å². The number of imidazole rings is 1. The standard InChI is InChI=1S/C17H13ClN6/c1-11-5-8-16(23-22-11)20-12-6-7-14-13(9-12)19-10-24(14)17-4-2-3-15(18)21-17/h2-10H,1H3,(H,20,23). The first-order chi connectivity index (χ1) is 11.7. The third kappa shape index (κ3) is 2.79. The van der Waals surface area contributed by atoms with Gasteiger partial charge in [-0.2, -0.15) is 5.10 Å². The number of halogens is 1. The molecule has 7 heteroatoms. The van der Waals surface area contributed by atoms with Gasteiger partial charge in [0.15, 0.2) is 5.82 Å². The van der Waals surface area contributed by atoms with Crippen molar-refractivity contribution in [2.24, 2.45) is 0 Å². The zero-order valence-corrected chi connectivity index (χ0v) is 13.6. The summed E-state index contributed by atoms with van der Waals surface area (Å²) in [6, 6.07) is 15.2. The maximum Gasteiger partial charge on any atom is 0.153 e. The number of fused-ring (bicyclic) bond motifs is 1. The Balaban J connectivity index is 1.69. The van der Waals surface area contributed by atoms with Crippen molar-refractivity contribution in [2.45, 2.75) is 6.92 Å². The van der Waals surface area contributed by atoms with E-state index in [4.69, 9.17) is 11.6 Å². The van der Waals surface area contributed by atoms with E-state index in [0.29, 0.717) is 11.0 Å². The highest BCUT2D eigenvalue weighted by Gasteiger charge is 2.07. The van der Waals surface area contributed by atoms with Gasteiger partial charge in [-0.3, -0.25) is 4.57 Å². The van der Waals surface area contributed by atoms with Gasteiger partial charge >= 0.3 is 0 Å². The molecular formula is C17H13ClN6. The van der Waals surface area contributed by atoms with Crippen LogP contribution in [0.15, 0.2) is 54.9 Å². The van der Waals surface area contributed by atoms with E-state index in [2.05, 4.69) is 25.5 Å². The fourth-order valence-electron chi connectivity index (χ4n) is 2.42. The molecule has 118 valence electrons. The first kappa shape index (κ1) is 14.6. The third-order valence-electron chi connectivity index (χ3n) is 3.56. The van der Waals surface area contributed by atoms with Crippen molar-refractivity contribution < 1.29 is 0 Å². The molecule has 0 saturated carbocycles. The molecule has 4 aromatic rings. The van der Waals surface area contributed by atoms with Gasteiger partial charge in [0.05, 0.1) is 16.7 Å². The number of nitrogens with zero attached hydrogens (tertiary/aromatic N) is 5. The molecule has 0 unspecified atom stereocenters. The van der Waals surface area contributed by atoms with Crippen molar-refractivity contribution in [1.29, 1.82) is 0 Å². The minimum Gasteiger partial charge on any atom is -0.339 e. The van der Waals surface area contributed by atoms with Crippen LogP contribution < -0.4 is 5.32 Å². The fraction of sp³-hybridized carbons (Fsp3) is 0.0588. The molecule has 3 heterocycles. The van der Waals surface area contributed by atoms with Crippen molar-refractivity contribution >= 4 is 34.1 Å². The molecule has 0 amide bonds. The summed E-state index contributed by atoms with van der Waals surface area (Å²) in [6.45, 7) is 1.90. The summed E-state index contributed by atoms with van der Waals surface area (Å²) in [5.74, 6) is 1.42. The lowest BCUT2D eigenvalue weighted by Gasteiger charge is -2.06. The zero-order chi connectivity index (χ0) is 16.5. The van der Waals surface area contributed by atoms with Gasteiger partial charge in [-0.15, -0.1) is 5.10 Å². The predicted octanol–water partition coefficient (Wildman–Crippen LogP) is 3.92. The van der Waals surface area contributed by atoms with Gasteiger partial charge in [-0.05, 0) is 49.4 Å². The lowest BCUT2D eigenvalue weighted by molar-refractivity contribution is 0.986. The predicted molar refractivity (Wildman–Crippen MR) is 93.9 cm³/mol. The number of aromatic nitrogens is 5. The first-order valence-electron chi connectivity index (χ1n) is 7.36. The van der Waals surface area contributed by atoms with E-state index in [9.17, 15) is 0 Å². The van der Waals surface area contributed by atoms with E-state index in [1.165, 1.54) is 0 Å². The third-order valence-corrected chi connectivity index (χ3v) is 3.78. The summed E-state index contributed by atoms with van der Waals surface area (Å²) in [5, 5.41) is 11.8. The summed E-state index contributed by atoms with van der Waals surface area (Å²) >= 11 is 5.97. The molecule has 0 aliphatic heterocycles. The highest BCUT2D eigenvalue weighted by atomic mass is 35.5. The summed E-state index contributed by atoms with van der Waals surface area (Å²) in [6.07, 6.45) is 1.73. The second-order valence-electron chi connectivity index (χ2n) is 5.32. The molecule has 1 N–H and O–H groups in total. The normalized spacial score (nSPS) is 10.9. The Kier molecular flexibility index (Phi) is 3.59. The molecule has 0 aliphatic carbocycles. The van der Waals surface area contributed by atoms with Gasteiger partial charge in [0, 0.05) is 5.69 Å². The Morgan fingerprint density at radius 1 is 1.04 bits per heavy atom. The highest BCUT2D eigenvalue weighted by Crippen LogP contribution is 2.23. The number of pyridine rings is 1. The molecule has 0 spiro atoms. The Morgan fingerprint density at radius 3 is 2.75 bits per heavy atom. The van der Waals surface area contributed by atoms with E-state index in [1.807, 2.05) is 54.0 Å². The molecule has 24 heavy (non-hydrogen) atoms. The molecule has 0 aliphatic rings. The Bertz CT molecular complexity index is 1010. The van der Waals surface area contributed by atoms with Gasteiger partial charge in [0.25, 0.3) is 0 Å². The van der Waals surface area contributed by atoms with Crippen molar-refractivity contribution in [3.05, 3.63) is 65.7 Å². The topological polar surface area (TPSA) is 68.5 Å². The summed E-state index contributed by atoms with van der Waals surface area (Å²) in [4.78, 5) is 8.76. The van der Waals surface area contributed by atoms with Crippen LogP contribution in [0.4, 0.5) is 11.5 Å². The zero-order valence-electron chi connectivity index (χ0n) is 12.8. The lowest BCUT2D eigenvalue weighted by Crippen LogP contribution is -1.97. The quantitative estimate of drug-likeness (QED) is 0.574. The van der Waals surface area contributed by atoms with Gasteiger partial charge in [-0.25, -0.2) is 9.97 Å². The van der Waals surface area contributed by atoms with E-state index in [1.54, 1.807) is 12.4 Å². The molecule has 4 rings (SSSR count). The molecular weight excluding hydrogens is 324 g/mol. The lowest BCUT2D eigenvalue weighted by atomic mass is 10.2. The molecule has 0 fully saturated rings. The van der Waals surface area contributed by atoms with E-state index < -0.39 is 0 Å². The second kappa shape index (κ2) is 5.90. The second-order valence-corrected chi connectivity index (χ2v) is 5.71. The molecule has 0 bridgehead atoms. The number of hydrogen-bond donors (Lipinski definition) is 1. The number of hydrogen-bond acceptors (Lipinski definition) is 5. The summed E-state index contributed by atoms with van der Waals surface area (Å²) in [5.41, 5.74) is 3.57. The maximum absolute atomic E-state index is 5.97. The number of rotatable bonds is 3. The minimum absolute atomic E-state index is 0.450. The van der Waals surface area contributed by atoms with E-state index in [0.717, 1.165) is 28.2 Å². The van der Waals surface area contributed by atoms with E-state index in [-0.39, 0.29) is 0 Å². The van der Waals surface area contributed by atoms with Crippen molar-refractivity contribution in [3.63, 3.8) is 0 Å². The molecule has 1 aromatic carbocycles. The Morgan fingerprint density at radius 2 is 1.96 bits per heavy atom. The van der Waals surface area contributed by atoms with Crippen LogP contribution in [0.3, 0.4) is 0 Å². The largest absolute Gasteiger partial charge is 0.339 e. The van der Waals surface area contributed by atoms with Gasteiger partial charge < -0.3 is 5.32 Å². The van der Waals surface area contributed by atoms with Crippen molar-refractivity contribution in [2.75, 3.05) is 5.32 Å². The average Bonchev–Trinajstić information content (AvgIpc) is 3.00. The number of aryl methyl sites for hydroxylation is 1. The Hall–Kier alpha value is -2.99. The fourth-order valence-corrected chi connectivity index (χ4v) is 2.58. The van der Waals surface area contributed by atoms with Crippen LogP contribution in [-0.2, 0) is 0 Å². The number of nitrogens with one attached hydrogen (secondary N) is 1. The molecule has 3 aromatic heterocycles. The van der Waals surface area contributed by atoms with Crippen LogP contribution >= 0.6 is 11.6 Å². The molecule has 0 radical (unpaired) electrons. The van der Waals surface area contributed by atoms with Gasteiger partial charge in [-0.1, -0.05) is 17.7 Å². The number of benzene rings is 1. The molecule has 0 saturated heterocycles. The highest BCUT2D eigenvalue weighted by molar-refractivity contribution is 6.29. The molecule has 6 nitrogen and oxygen atoms in total. The first-order valence-corrected chi connectivity index (χ1v) is 7.74. The minimum atomic E-state index is 0.450. The van der Waals surface area contributed by atoms with Crippen LogP contribution in [0.1, 0.15) is 5.69 Å². The van der Waals surface area contributed by atoms with Crippen molar-refractivity contribution in [1.82, 2.24) is 24.7 Å².